The molecular formula is C21H33NO5. The maximum atomic E-state index is 12.7. The lowest BCUT2D eigenvalue weighted by Gasteiger charge is -2.28. The Kier molecular flexibility index (Phi) is 9.29. The Morgan fingerprint density at radius 2 is 1.93 bits per heavy atom. The molecule has 6 heteroatoms. The summed E-state index contributed by atoms with van der Waals surface area (Å²) in [5, 5.41) is 2.84. The fourth-order valence-corrected chi connectivity index (χ4v) is 2.74. The molecule has 0 aliphatic heterocycles. The van der Waals surface area contributed by atoms with Crippen molar-refractivity contribution in [1.82, 2.24) is 0 Å². The number of unbranched alkanes of at least 4 members (excludes halogenated alkanes) is 1. The van der Waals surface area contributed by atoms with E-state index in [1.54, 1.807) is 32.0 Å². The Labute approximate surface area is 162 Å². The molecular weight excluding hydrogens is 346 g/mol. The van der Waals surface area contributed by atoms with Gasteiger partial charge in [0.2, 0.25) is 0 Å². The molecule has 0 heterocycles. The highest BCUT2D eigenvalue weighted by atomic mass is 16.5. The van der Waals surface area contributed by atoms with Crippen LogP contribution in [0.2, 0.25) is 0 Å². The second-order valence-corrected chi connectivity index (χ2v) is 7.12. The molecule has 1 aromatic carbocycles. The van der Waals surface area contributed by atoms with Gasteiger partial charge in [0.1, 0.15) is 16.9 Å². The van der Waals surface area contributed by atoms with E-state index in [-0.39, 0.29) is 12.5 Å². The summed E-state index contributed by atoms with van der Waals surface area (Å²) in [6.45, 7) is 10.4. The summed E-state index contributed by atoms with van der Waals surface area (Å²) in [5.74, 6) is 0.0201. The largest absolute Gasteiger partial charge is 0.493 e. The number of hydrogen-bond donors (Lipinski definition) is 1. The van der Waals surface area contributed by atoms with Gasteiger partial charge in [-0.05, 0) is 50.8 Å². The average Bonchev–Trinajstić information content (AvgIpc) is 2.62. The third-order valence-corrected chi connectivity index (χ3v) is 4.22. The minimum atomic E-state index is -0.950. The van der Waals surface area contributed by atoms with Gasteiger partial charge in [0.25, 0.3) is 5.91 Å². The van der Waals surface area contributed by atoms with Gasteiger partial charge < -0.3 is 19.5 Å². The van der Waals surface area contributed by atoms with Crippen LogP contribution in [0.1, 0.15) is 64.2 Å². The minimum Gasteiger partial charge on any atom is -0.493 e. The van der Waals surface area contributed by atoms with Crippen LogP contribution in [0.4, 0.5) is 5.69 Å². The fraction of sp³-hybridized carbons (Fsp3) is 0.619. The van der Waals surface area contributed by atoms with E-state index in [4.69, 9.17) is 14.2 Å². The Morgan fingerprint density at radius 3 is 2.48 bits per heavy atom. The van der Waals surface area contributed by atoms with Crippen LogP contribution in [-0.2, 0) is 14.3 Å². The molecule has 0 bridgehead atoms. The summed E-state index contributed by atoms with van der Waals surface area (Å²) >= 11 is 0. The molecule has 1 unspecified atom stereocenters. The van der Waals surface area contributed by atoms with Crippen molar-refractivity contribution >= 4 is 17.6 Å². The summed E-state index contributed by atoms with van der Waals surface area (Å²) in [5.41, 5.74) is -0.152. The smallest absolute Gasteiger partial charge is 0.341 e. The normalized spacial score (nSPS) is 13.1. The molecule has 1 aromatic rings. The van der Waals surface area contributed by atoms with Crippen LogP contribution < -0.4 is 10.1 Å². The van der Waals surface area contributed by atoms with Gasteiger partial charge in [0.15, 0.2) is 0 Å². The SMILES string of the molecule is CCCCOc1ccc(NC(=O)C(C)(CC(C)C)OC)cc1C(=O)OCC. The van der Waals surface area contributed by atoms with Crippen LogP contribution in [0.5, 0.6) is 5.75 Å². The highest BCUT2D eigenvalue weighted by Crippen LogP contribution is 2.27. The second kappa shape index (κ2) is 10.9. The van der Waals surface area contributed by atoms with Crippen molar-refractivity contribution in [3.63, 3.8) is 0 Å². The number of anilines is 1. The first-order valence-corrected chi connectivity index (χ1v) is 9.57. The third kappa shape index (κ3) is 6.86. The van der Waals surface area contributed by atoms with Crippen molar-refractivity contribution in [1.29, 1.82) is 0 Å². The van der Waals surface area contributed by atoms with Crippen LogP contribution >= 0.6 is 0 Å². The lowest BCUT2D eigenvalue weighted by atomic mass is 9.93. The third-order valence-electron chi connectivity index (χ3n) is 4.22. The molecule has 0 saturated heterocycles. The number of carbonyl (C=O) groups excluding carboxylic acids is 2. The van der Waals surface area contributed by atoms with Gasteiger partial charge in [-0.3, -0.25) is 4.79 Å². The monoisotopic (exact) mass is 379 g/mol. The van der Waals surface area contributed by atoms with Gasteiger partial charge in [-0.25, -0.2) is 4.79 Å². The second-order valence-electron chi connectivity index (χ2n) is 7.12. The standard InChI is InChI=1S/C21H33NO5/c1-7-9-12-27-18-11-10-16(13-17(18)19(23)26-8-2)22-20(24)21(5,25-6)14-15(3)4/h10-11,13,15H,7-9,12,14H2,1-6H3,(H,22,24). The summed E-state index contributed by atoms with van der Waals surface area (Å²) in [6.07, 6.45) is 2.47. The molecule has 0 saturated carbocycles. The number of methoxy groups -OCH3 is 1. The first-order valence-electron chi connectivity index (χ1n) is 9.57. The molecule has 0 fully saturated rings. The predicted molar refractivity (Wildman–Crippen MR) is 106 cm³/mol. The lowest BCUT2D eigenvalue weighted by molar-refractivity contribution is -0.137. The van der Waals surface area contributed by atoms with E-state index >= 15 is 0 Å². The Hall–Kier alpha value is -2.08. The van der Waals surface area contributed by atoms with Crippen molar-refractivity contribution < 1.29 is 23.8 Å². The Morgan fingerprint density at radius 1 is 1.22 bits per heavy atom. The van der Waals surface area contributed by atoms with Crippen LogP contribution in [-0.4, -0.2) is 37.8 Å². The van der Waals surface area contributed by atoms with E-state index in [0.717, 1.165) is 12.8 Å². The zero-order valence-electron chi connectivity index (χ0n) is 17.4. The molecule has 0 spiro atoms. The summed E-state index contributed by atoms with van der Waals surface area (Å²) in [6, 6.07) is 4.99. The van der Waals surface area contributed by atoms with Crippen molar-refractivity contribution in [2.45, 2.75) is 59.5 Å². The topological polar surface area (TPSA) is 73.9 Å². The first-order chi connectivity index (χ1) is 12.8. The predicted octanol–water partition coefficient (Wildman–Crippen LogP) is 4.43. The molecule has 27 heavy (non-hydrogen) atoms. The van der Waals surface area contributed by atoms with E-state index in [9.17, 15) is 9.59 Å². The van der Waals surface area contributed by atoms with Gasteiger partial charge in [-0.15, -0.1) is 0 Å². The number of ether oxygens (including phenoxy) is 3. The molecule has 1 atom stereocenters. The van der Waals surface area contributed by atoms with Crippen molar-refractivity contribution in [3.05, 3.63) is 23.8 Å². The van der Waals surface area contributed by atoms with Crippen LogP contribution in [0.25, 0.3) is 0 Å². The first kappa shape index (κ1) is 23.0. The number of rotatable bonds is 11. The number of hydrogen-bond acceptors (Lipinski definition) is 5. The summed E-state index contributed by atoms with van der Waals surface area (Å²) < 4.78 is 16.3. The maximum Gasteiger partial charge on any atom is 0.341 e. The zero-order valence-corrected chi connectivity index (χ0v) is 17.4. The molecule has 1 N–H and O–H groups in total. The van der Waals surface area contributed by atoms with Crippen LogP contribution in [0.15, 0.2) is 18.2 Å². The molecule has 0 aromatic heterocycles. The lowest BCUT2D eigenvalue weighted by Crippen LogP contribution is -2.43. The molecule has 1 amide bonds. The number of amides is 1. The van der Waals surface area contributed by atoms with E-state index in [1.165, 1.54) is 7.11 Å². The van der Waals surface area contributed by atoms with E-state index in [1.807, 2.05) is 13.8 Å². The van der Waals surface area contributed by atoms with Gasteiger partial charge in [-0.2, -0.15) is 0 Å². The molecule has 6 nitrogen and oxygen atoms in total. The van der Waals surface area contributed by atoms with Gasteiger partial charge in [-0.1, -0.05) is 27.2 Å². The van der Waals surface area contributed by atoms with E-state index < -0.39 is 11.6 Å². The molecule has 1 rings (SSSR count). The van der Waals surface area contributed by atoms with Crippen molar-refractivity contribution in [2.75, 3.05) is 25.6 Å². The Bertz CT molecular complexity index is 629. The van der Waals surface area contributed by atoms with Gasteiger partial charge in [0, 0.05) is 12.8 Å². The molecule has 0 radical (unpaired) electrons. The minimum absolute atomic E-state index is 0.256. The molecule has 0 aliphatic rings. The number of carbonyl (C=O) groups is 2. The number of nitrogens with one attached hydrogen (secondary N) is 1. The number of esters is 1. The van der Waals surface area contributed by atoms with Gasteiger partial charge >= 0.3 is 5.97 Å². The van der Waals surface area contributed by atoms with Crippen molar-refractivity contribution in [3.8, 4) is 5.75 Å². The van der Waals surface area contributed by atoms with Crippen molar-refractivity contribution in [2.24, 2.45) is 5.92 Å². The van der Waals surface area contributed by atoms with Gasteiger partial charge in [0.05, 0.1) is 13.2 Å². The van der Waals surface area contributed by atoms with Crippen LogP contribution in [0, 0.1) is 5.92 Å². The summed E-state index contributed by atoms with van der Waals surface area (Å²) in [7, 11) is 1.52. The zero-order chi connectivity index (χ0) is 20.4. The number of benzene rings is 1. The maximum absolute atomic E-state index is 12.7. The molecule has 0 aliphatic carbocycles. The molecule has 152 valence electrons. The highest BCUT2D eigenvalue weighted by Gasteiger charge is 2.34. The van der Waals surface area contributed by atoms with E-state index in [0.29, 0.717) is 35.9 Å². The Balaban J connectivity index is 3.05. The average molecular weight is 379 g/mol. The quantitative estimate of drug-likeness (QED) is 0.455. The van der Waals surface area contributed by atoms with Crippen LogP contribution in [0.3, 0.4) is 0 Å². The van der Waals surface area contributed by atoms with E-state index in [2.05, 4.69) is 12.2 Å². The fourth-order valence-electron chi connectivity index (χ4n) is 2.74. The highest BCUT2D eigenvalue weighted by molar-refractivity contribution is 5.99. The summed E-state index contributed by atoms with van der Waals surface area (Å²) in [4.78, 5) is 25.0.